The van der Waals surface area contributed by atoms with E-state index < -0.39 is 17.6 Å². The lowest BCUT2D eigenvalue weighted by Gasteiger charge is -2.55. The van der Waals surface area contributed by atoms with Gasteiger partial charge in [-0.25, -0.2) is 9.59 Å². The molecule has 4 aliphatic rings. The van der Waals surface area contributed by atoms with E-state index in [1.54, 1.807) is 31.2 Å². The number of alkyl carbamates (subject to hydrolysis) is 1. The molecule has 0 radical (unpaired) electrons. The molecule has 0 heterocycles. The van der Waals surface area contributed by atoms with Crippen molar-refractivity contribution >= 4 is 12.1 Å². The molecule has 1 aromatic carbocycles. The minimum absolute atomic E-state index is 0.151. The van der Waals surface area contributed by atoms with Crippen LogP contribution in [0.25, 0.3) is 0 Å². The summed E-state index contributed by atoms with van der Waals surface area (Å²) in [5.74, 6) is 1.63. The van der Waals surface area contributed by atoms with Crippen molar-refractivity contribution in [2.45, 2.75) is 63.0 Å². The smallest absolute Gasteiger partial charge is 0.408 e. The Balaban J connectivity index is 1.46. The highest BCUT2D eigenvalue weighted by Crippen LogP contribution is 2.57. The number of amides is 1. The Hall–Kier alpha value is -2.24. The topological polar surface area (TPSA) is 84.9 Å². The summed E-state index contributed by atoms with van der Waals surface area (Å²) in [5, 5.41) is 12.2. The standard InChI is InChI=1S/C22H29NO5/c1-21(19(25)27-2,10-14-3-5-18(24)6-4-14)23-20(26)28-22-11-15-7-16(12-22)9-17(8-15)13-22/h3-6,15-17,24H,7-13H2,1-2H3,(H,23,26). The summed E-state index contributed by atoms with van der Waals surface area (Å²) in [6.07, 6.45) is 6.34. The predicted molar refractivity (Wildman–Crippen MR) is 103 cm³/mol. The maximum Gasteiger partial charge on any atom is 0.408 e. The van der Waals surface area contributed by atoms with Gasteiger partial charge in [-0.1, -0.05) is 12.1 Å². The van der Waals surface area contributed by atoms with E-state index in [1.807, 2.05) is 0 Å². The lowest BCUT2D eigenvalue weighted by Crippen LogP contribution is -2.58. The van der Waals surface area contributed by atoms with Gasteiger partial charge in [-0.05, 0) is 80.9 Å². The fourth-order valence-corrected chi connectivity index (χ4v) is 6.02. The summed E-state index contributed by atoms with van der Waals surface area (Å²) in [6, 6.07) is 6.56. The molecule has 1 unspecified atom stereocenters. The highest BCUT2D eigenvalue weighted by molar-refractivity contribution is 5.85. The number of nitrogens with one attached hydrogen (secondary N) is 1. The zero-order valence-electron chi connectivity index (χ0n) is 16.6. The molecule has 2 N–H and O–H groups in total. The van der Waals surface area contributed by atoms with Gasteiger partial charge in [0, 0.05) is 6.42 Å². The Morgan fingerprint density at radius 1 is 1.11 bits per heavy atom. The van der Waals surface area contributed by atoms with Crippen LogP contribution >= 0.6 is 0 Å². The number of esters is 1. The Bertz CT molecular complexity index is 723. The van der Waals surface area contributed by atoms with Gasteiger partial charge in [-0.15, -0.1) is 0 Å². The molecule has 0 spiro atoms. The third kappa shape index (κ3) is 3.69. The van der Waals surface area contributed by atoms with Crippen molar-refractivity contribution in [3.63, 3.8) is 0 Å². The fraction of sp³-hybridized carbons (Fsp3) is 0.636. The molecule has 152 valence electrons. The van der Waals surface area contributed by atoms with Crippen LogP contribution in [-0.2, 0) is 20.7 Å². The molecule has 0 aliphatic heterocycles. The molecule has 4 saturated carbocycles. The number of phenolic OH excluding ortho intramolecular Hbond substituents is 1. The zero-order chi connectivity index (χ0) is 19.9. The number of carbonyl (C=O) groups is 2. The first kappa shape index (κ1) is 19.1. The van der Waals surface area contributed by atoms with E-state index in [0.29, 0.717) is 17.8 Å². The van der Waals surface area contributed by atoms with Gasteiger partial charge in [0.1, 0.15) is 16.9 Å². The van der Waals surface area contributed by atoms with Crippen LogP contribution in [0.5, 0.6) is 5.75 Å². The molecular formula is C22H29NO5. The minimum atomic E-state index is -1.24. The summed E-state index contributed by atoms with van der Waals surface area (Å²) >= 11 is 0. The SMILES string of the molecule is COC(=O)C(C)(Cc1ccc(O)cc1)NC(=O)OC12CC3CC(CC(C3)C1)C2. The van der Waals surface area contributed by atoms with Crippen LogP contribution in [0, 0.1) is 17.8 Å². The van der Waals surface area contributed by atoms with Gasteiger partial charge in [0.25, 0.3) is 0 Å². The van der Waals surface area contributed by atoms with E-state index in [1.165, 1.54) is 26.4 Å². The van der Waals surface area contributed by atoms with Crippen molar-refractivity contribution in [2.75, 3.05) is 7.11 Å². The lowest BCUT2D eigenvalue weighted by atomic mass is 9.54. The van der Waals surface area contributed by atoms with Gasteiger partial charge in [0.2, 0.25) is 0 Å². The minimum Gasteiger partial charge on any atom is -0.508 e. The normalized spacial score (nSPS) is 32.4. The first-order valence-corrected chi connectivity index (χ1v) is 10.2. The van der Waals surface area contributed by atoms with Crippen molar-refractivity contribution < 1.29 is 24.2 Å². The highest BCUT2D eigenvalue weighted by atomic mass is 16.6. The van der Waals surface area contributed by atoms with Gasteiger partial charge in [-0.3, -0.25) is 0 Å². The molecule has 6 nitrogen and oxygen atoms in total. The van der Waals surface area contributed by atoms with Crippen LogP contribution < -0.4 is 5.32 Å². The van der Waals surface area contributed by atoms with E-state index in [2.05, 4.69) is 5.32 Å². The van der Waals surface area contributed by atoms with Gasteiger partial charge < -0.3 is 19.9 Å². The molecule has 1 amide bonds. The van der Waals surface area contributed by atoms with E-state index in [9.17, 15) is 14.7 Å². The van der Waals surface area contributed by atoms with Gasteiger partial charge >= 0.3 is 12.1 Å². The largest absolute Gasteiger partial charge is 0.508 e. The summed E-state index contributed by atoms with van der Waals surface area (Å²) in [7, 11) is 1.31. The molecular weight excluding hydrogens is 358 g/mol. The number of hydrogen-bond acceptors (Lipinski definition) is 5. The maximum absolute atomic E-state index is 12.8. The Morgan fingerprint density at radius 3 is 2.14 bits per heavy atom. The fourth-order valence-electron chi connectivity index (χ4n) is 6.02. The molecule has 4 bridgehead atoms. The van der Waals surface area contributed by atoms with E-state index in [0.717, 1.165) is 24.8 Å². The number of benzene rings is 1. The predicted octanol–water partition coefficient (Wildman–Crippen LogP) is 3.56. The van der Waals surface area contributed by atoms with Crippen molar-refractivity contribution in [3.8, 4) is 5.75 Å². The number of hydrogen-bond donors (Lipinski definition) is 2. The first-order chi connectivity index (χ1) is 13.3. The second kappa shape index (κ2) is 6.98. The van der Waals surface area contributed by atoms with Crippen molar-refractivity contribution in [1.29, 1.82) is 0 Å². The molecule has 1 aromatic rings. The molecule has 5 rings (SSSR count). The molecule has 4 aliphatic carbocycles. The number of rotatable bonds is 5. The molecule has 4 fully saturated rings. The zero-order valence-corrected chi connectivity index (χ0v) is 16.6. The van der Waals surface area contributed by atoms with Crippen LogP contribution in [0.2, 0.25) is 0 Å². The molecule has 0 aromatic heterocycles. The quantitative estimate of drug-likeness (QED) is 0.755. The van der Waals surface area contributed by atoms with Crippen LogP contribution in [0.4, 0.5) is 4.79 Å². The third-order valence-corrected chi connectivity index (χ3v) is 6.80. The van der Waals surface area contributed by atoms with Gasteiger partial charge in [0.15, 0.2) is 0 Å². The average Bonchev–Trinajstić information content (AvgIpc) is 2.61. The molecule has 6 heteroatoms. The number of aromatic hydroxyl groups is 1. The summed E-state index contributed by atoms with van der Waals surface area (Å²) < 4.78 is 10.9. The first-order valence-electron chi connectivity index (χ1n) is 10.2. The second-order valence-corrected chi connectivity index (χ2v) is 9.28. The van der Waals surface area contributed by atoms with Crippen LogP contribution in [0.15, 0.2) is 24.3 Å². The van der Waals surface area contributed by atoms with Crippen LogP contribution in [0.3, 0.4) is 0 Å². The maximum atomic E-state index is 12.8. The molecule has 0 saturated heterocycles. The van der Waals surface area contributed by atoms with Crippen molar-refractivity contribution in [1.82, 2.24) is 5.32 Å². The molecule has 1 atom stereocenters. The summed E-state index contributed by atoms with van der Waals surface area (Å²) in [4.78, 5) is 25.3. The average molecular weight is 387 g/mol. The molecule has 28 heavy (non-hydrogen) atoms. The number of ether oxygens (including phenoxy) is 2. The van der Waals surface area contributed by atoms with Crippen molar-refractivity contribution in [2.24, 2.45) is 17.8 Å². The Morgan fingerprint density at radius 2 is 1.64 bits per heavy atom. The summed E-state index contributed by atoms with van der Waals surface area (Å²) in [6.45, 7) is 1.65. The monoisotopic (exact) mass is 387 g/mol. The number of methoxy groups -OCH3 is 1. The van der Waals surface area contributed by atoms with Gasteiger partial charge in [0.05, 0.1) is 7.11 Å². The summed E-state index contributed by atoms with van der Waals surface area (Å²) in [5.41, 5.74) is -0.805. The number of phenols is 1. The second-order valence-electron chi connectivity index (χ2n) is 9.28. The van der Waals surface area contributed by atoms with Crippen LogP contribution in [0.1, 0.15) is 51.0 Å². The Kier molecular flexibility index (Phi) is 4.76. The van der Waals surface area contributed by atoms with Gasteiger partial charge in [-0.2, -0.15) is 0 Å². The Labute approximate surface area is 165 Å². The third-order valence-electron chi connectivity index (χ3n) is 6.80. The lowest BCUT2D eigenvalue weighted by molar-refractivity contribution is -0.149. The van der Waals surface area contributed by atoms with Crippen molar-refractivity contribution in [3.05, 3.63) is 29.8 Å². The van der Waals surface area contributed by atoms with Crippen LogP contribution in [-0.4, -0.2) is 35.4 Å². The highest BCUT2D eigenvalue weighted by Gasteiger charge is 2.53. The number of carbonyl (C=O) groups excluding carboxylic acids is 2. The van der Waals surface area contributed by atoms with E-state index >= 15 is 0 Å². The van der Waals surface area contributed by atoms with E-state index in [4.69, 9.17) is 9.47 Å². The van der Waals surface area contributed by atoms with E-state index in [-0.39, 0.29) is 17.8 Å².